The Kier molecular flexibility index (Phi) is 8.02. The van der Waals surface area contributed by atoms with E-state index in [4.69, 9.17) is 4.74 Å². The second-order valence-corrected chi connectivity index (χ2v) is 5.15. The van der Waals surface area contributed by atoms with Crippen LogP contribution in [0.5, 0.6) is 0 Å². The van der Waals surface area contributed by atoms with Gasteiger partial charge in [-0.15, -0.1) is 0 Å². The van der Waals surface area contributed by atoms with Crippen LogP contribution in [0.2, 0.25) is 0 Å². The molecule has 0 aromatic carbocycles. The molecule has 1 rings (SSSR count). The Morgan fingerprint density at radius 3 is 2.68 bits per heavy atom. The van der Waals surface area contributed by atoms with Crippen LogP contribution >= 0.6 is 0 Å². The van der Waals surface area contributed by atoms with Crippen LogP contribution in [0.4, 0.5) is 0 Å². The Bertz CT molecular complexity index is 253. The first-order valence-electron chi connectivity index (χ1n) is 7.41. The first-order chi connectivity index (χ1) is 9.17. The van der Waals surface area contributed by atoms with E-state index in [1.807, 2.05) is 18.7 Å². The third-order valence-electron chi connectivity index (χ3n) is 3.37. The number of rotatable bonds is 11. The third-order valence-corrected chi connectivity index (χ3v) is 3.37. The zero-order chi connectivity index (χ0) is 14.1. The average molecular weight is 272 g/mol. The molecular weight excluding hydrogens is 244 g/mol. The molecule has 5 nitrogen and oxygen atoms in total. The van der Waals surface area contributed by atoms with Gasteiger partial charge in [-0.2, -0.15) is 0 Å². The fourth-order valence-corrected chi connectivity index (χ4v) is 1.91. The summed E-state index contributed by atoms with van der Waals surface area (Å²) in [6.07, 6.45) is 2.53. The van der Waals surface area contributed by atoms with E-state index in [9.17, 15) is 9.90 Å². The molecule has 0 bridgehead atoms. The normalized spacial score (nSPS) is 16.4. The number of amides is 1. The molecule has 1 saturated carbocycles. The van der Waals surface area contributed by atoms with Crippen molar-refractivity contribution < 1.29 is 14.6 Å². The van der Waals surface area contributed by atoms with E-state index >= 15 is 0 Å². The number of carbonyl (C=O) groups excluding carboxylic acids is 1. The molecule has 0 radical (unpaired) electrons. The Morgan fingerprint density at radius 1 is 1.42 bits per heavy atom. The first-order valence-corrected chi connectivity index (χ1v) is 7.41. The Labute approximate surface area is 116 Å². The molecule has 1 fully saturated rings. The number of nitrogens with zero attached hydrogens (tertiary/aromatic N) is 1. The van der Waals surface area contributed by atoms with E-state index in [1.54, 1.807) is 0 Å². The quantitative estimate of drug-likeness (QED) is 0.541. The molecule has 1 atom stereocenters. The maximum atomic E-state index is 11.7. The lowest BCUT2D eigenvalue weighted by Gasteiger charge is -2.19. The maximum Gasteiger partial charge on any atom is 0.223 e. The molecule has 1 amide bonds. The van der Waals surface area contributed by atoms with Crippen molar-refractivity contribution in [3.8, 4) is 0 Å². The molecule has 5 heteroatoms. The van der Waals surface area contributed by atoms with Gasteiger partial charge < -0.3 is 20.1 Å². The van der Waals surface area contributed by atoms with Crippen molar-refractivity contribution in [2.75, 3.05) is 39.4 Å². The lowest BCUT2D eigenvalue weighted by atomic mass is 10.3. The summed E-state index contributed by atoms with van der Waals surface area (Å²) in [7, 11) is 0. The Morgan fingerprint density at radius 2 is 2.11 bits per heavy atom. The lowest BCUT2D eigenvalue weighted by molar-refractivity contribution is -0.130. The molecule has 19 heavy (non-hydrogen) atoms. The van der Waals surface area contributed by atoms with Gasteiger partial charge in [0.1, 0.15) is 0 Å². The van der Waals surface area contributed by atoms with Crippen LogP contribution in [0.1, 0.15) is 33.1 Å². The van der Waals surface area contributed by atoms with E-state index < -0.39 is 6.10 Å². The number of hydrogen-bond donors (Lipinski definition) is 2. The van der Waals surface area contributed by atoms with Crippen LogP contribution in [0, 0.1) is 5.92 Å². The van der Waals surface area contributed by atoms with Crippen LogP contribution in [0.3, 0.4) is 0 Å². The zero-order valence-electron chi connectivity index (χ0n) is 12.2. The summed E-state index contributed by atoms with van der Waals surface area (Å²) in [5, 5.41) is 12.8. The summed E-state index contributed by atoms with van der Waals surface area (Å²) in [6, 6.07) is 0. The van der Waals surface area contributed by atoms with Gasteiger partial charge in [-0.3, -0.25) is 4.79 Å². The van der Waals surface area contributed by atoms with Crippen LogP contribution in [-0.2, 0) is 9.53 Å². The molecule has 0 spiro atoms. The van der Waals surface area contributed by atoms with Gasteiger partial charge in [0.2, 0.25) is 5.91 Å². The summed E-state index contributed by atoms with van der Waals surface area (Å²) < 4.78 is 5.41. The molecule has 0 heterocycles. The highest BCUT2D eigenvalue weighted by Gasteiger charge is 2.21. The summed E-state index contributed by atoms with van der Waals surface area (Å²) in [5.41, 5.74) is 0. The second-order valence-electron chi connectivity index (χ2n) is 5.15. The van der Waals surface area contributed by atoms with E-state index in [2.05, 4.69) is 5.32 Å². The molecule has 2 N–H and O–H groups in total. The maximum absolute atomic E-state index is 11.7. The molecule has 0 aromatic heterocycles. The van der Waals surface area contributed by atoms with E-state index in [0.29, 0.717) is 26.1 Å². The zero-order valence-corrected chi connectivity index (χ0v) is 12.2. The number of aliphatic hydroxyl groups excluding tert-OH is 1. The van der Waals surface area contributed by atoms with Crippen LogP contribution < -0.4 is 5.32 Å². The summed E-state index contributed by atoms with van der Waals surface area (Å²) in [5.74, 6) is 0.892. The standard InChI is InChI=1S/C14H28N2O3/c1-3-16(4-2)14(18)7-8-15-9-13(17)11-19-10-12-5-6-12/h12-13,15,17H,3-11H2,1-2H3. The molecular formula is C14H28N2O3. The van der Waals surface area contributed by atoms with Crippen molar-refractivity contribution in [3.05, 3.63) is 0 Å². The highest BCUT2D eigenvalue weighted by atomic mass is 16.5. The molecule has 0 saturated heterocycles. The lowest BCUT2D eigenvalue weighted by Crippen LogP contribution is -2.35. The summed E-state index contributed by atoms with van der Waals surface area (Å²) in [6.45, 7) is 7.72. The number of hydrogen-bond acceptors (Lipinski definition) is 4. The van der Waals surface area contributed by atoms with Gasteiger partial charge in [-0.05, 0) is 32.6 Å². The van der Waals surface area contributed by atoms with Gasteiger partial charge in [0, 0.05) is 39.2 Å². The molecule has 1 aliphatic rings. The predicted octanol–water partition coefficient (Wildman–Crippen LogP) is 0.622. The van der Waals surface area contributed by atoms with Gasteiger partial charge in [-0.1, -0.05) is 0 Å². The number of aliphatic hydroxyl groups is 1. The van der Waals surface area contributed by atoms with E-state index in [0.717, 1.165) is 25.6 Å². The second kappa shape index (κ2) is 9.28. The predicted molar refractivity (Wildman–Crippen MR) is 75.0 cm³/mol. The first kappa shape index (κ1) is 16.4. The molecule has 112 valence electrons. The largest absolute Gasteiger partial charge is 0.389 e. The molecule has 0 aromatic rings. The van der Waals surface area contributed by atoms with Crippen molar-refractivity contribution in [1.29, 1.82) is 0 Å². The fraction of sp³-hybridized carbons (Fsp3) is 0.929. The van der Waals surface area contributed by atoms with Crippen LogP contribution in [0.25, 0.3) is 0 Å². The van der Waals surface area contributed by atoms with Gasteiger partial charge >= 0.3 is 0 Å². The van der Waals surface area contributed by atoms with Crippen LogP contribution in [-0.4, -0.2) is 61.4 Å². The van der Waals surface area contributed by atoms with Crippen LogP contribution in [0.15, 0.2) is 0 Å². The van der Waals surface area contributed by atoms with Crippen molar-refractivity contribution in [2.24, 2.45) is 5.92 Å². The minimum absolute atomic E-state index is 0.164. The topological polar surface area (TPSA) is 61.8 Å². The van der Waals surface area contributed by atoms with E-state index in [-0.39, 0.29) is 5.91 Å². The van der Waals surface area contributed by atoms with E-state index in [1.165, 1.54) is 12.8 Å². The summed E-state index contributed by atoms with van der Waals surface area (Å²) >= 11 is 0. The van der Waals surface area contributed by atoms with Gasteiger partial charge in [0.15, 0.2) is 0 Å². The van der Waals surface area contributed by atoms with Crippen molar-refractivity contribution in [3.63, 3.8) is 0 Å². The SMILES string of the molecule is CCN(CC)C(=O)CCNCC(O)COCC1CC1. The highest BCUT2D eigenvalue weighted by Crippen LogP contribution is 2.28. The Balaban J connectivity index is 1.94. The molecule has 0 aliphatic heterocycles. The molecule has 1 unspecified atom stereocenters. The Hall–Kier alpha value is -0.650. The third kappa shape index (κ3) is 7.50. The monoisotopic (exact) mass is 272 g/mol. The van der Waals surface area contributed by atoms with Gasteiger partial charge in [0.25, 0.3) is 0 Å². The van der Waals surface area contributed by atoms with Crippen molar-refractivity contribution >= 4 is 5.91 Å². The van der Waals surface area contributed by atoms with Gasteiger partial charge in [0.05, 0.1) is 12.7 Å². The summed E-state index contributed by atoms with van der Waals surface area (Å²) in [4.78, 5) is 13.5. The smallest absolute Gasteiger partial charge is 0.223 e. The minimum Gasteiger partial charge on any atom is -0.389 e. The average Bonchev–Trinajstić information content (AvgIpc) is 3.20. The van der Waals surface area contributed by atoms with Crippen molar-refractivity contribution in [1.82, 2.24) is 10.2 Å². The number of carbonyl (C=O) groups is 1. The number of ether oxygens (including phenoxy) is 1. The van der Waals surface area contributed by atoms with Gasteiger partial charge in [-0.25, -0.2) is 0 Å². The highest BCUT2D eigenvalue weighted by molar-refractivity contribution is 5.76. The fourth-order valence-electron chi connectivity index (χ4n) is 1.91. The number of nitrogens with one attached hydrogen (secondary N) is 1. The van der Waals surface area contributed by atoms with Crippen molar-refractivity contribution in [2.45, 2.75) is 39.2 Å². The molecule has 1 aliphatic carbocycles. The minimum atomic E-state index is -0.484.